The summed E-state index contributed by atoms with van der Waals surface area (Å²) in [5.74, 6) is 2.24. The van der Waals surface area contributed by atoms with Gasteiger partial charge in [-0.1, -0.05) is 135 Å². The summed E-state index contributed by atoms with van der Waals surface area (Å²) in [6.07, 6.45) is 8.25. The zero-order valence-corrected chi connectivity index (χ0v) is 29.6. The first-order chi connectivity index (χ1) is 26.1. The van der Waals surface area contributed by atoms with E-state index in [1.54, 1.807) is 0 Å². The minimum absolute atomic E-state index is 0.272. The molecule has 3 heterocycles. The number of allylic oxidation sites excluding steroid dienone is 4. The molecule has 0 bridgehead atoms. The van der Waals surface area contributed by atoms with Crippen LogP contribution < -0.4 is 0 Å². The monoisotopic (exact) mass is 684 g/mol. The molecule has 0 atom stereocenters. The van der Waals surface area contributed by atoms with Crippen LogP contribution in [0.5, 0.6) is 0 Å². The summed E-state index contributed by atoms with van der Waals surface area (Å²) in [4.78, 5) is 15.3. The molecule has 10 rings (SSSR count). The minimum atomic E-state index is 0.272. The van der Waals surface area contributed by atoms with Crippen LogP contribution >= 0.6 is 0 Å². The van der Waals surface area contributed by atoms with Crippen LogP contribution in [0, 0.1) is 0 Å². The van der Waals surface area contributed by atoms with Gasteiger partial charge in [-0.15, -0.1) is 0 Å². The van der Waals surface area contributed by atoms with Crippen molar-refractivity contribution in [2.75, 3.05) is 0 Å². The van der Waals surface area contributed by atoms with Crippen LogP contribution in [0.2, 0.25) is 0 Å². The number of furan rings is 1. The number of aromatic nitrogens is 4. The van der Waals surface area contributed by atoms with E-state index in [0.29, 0.717) is 17.5 Å². The fourth-order valence-corrected chi connectivity index (χ4v) is 7.93. The van der Waals surface area contributed by atoms with Crippen molar-refractivity contribution in [3.05, 3.63) is 163 Å². The van der Waals surface area contributed by atoms with Crippen molar-refractivity contribution in [2.45, 2.75) is 32.6 Å². The molecule has 0 N–H and O–H groups in total. The lowest BCUT2D eigenvalue weighted by molar-refractivity contribution is 0.666. The van der Waals surface area contributed by atoms with Crippen molar-refractivity contribution in [1.82, 2.24) is 19.5 Å². The van der Waals surface area contributed by atoms with Gasteiger partial charge in [-0.3, -0.25) is 0 Å². The van der Waals surface area contributed by atoms with Gasteiger partial charge in [0.15, 0.2) is 23.1 Å². The second-order valence-electron chi connectivity index (χ2n) is 14.1. The third kappa shape index (κ3) is 5.19. The molecule has 0 spiro atoms. The highest BCUT2D eigenvalue weighted by molar-refractivity contribution is 6.15. The maximum Gasteiger partial charge on any atom is 0.167 e. The Hall–Kier alpha value is -6.59. The van der Waals surface area contributed by atoms with Crippen molar-refractivity contribution in [2.24, 2.45) is 0 Å². The van der Waals surface area contributed by atoms with E-state index >= 15 is 0 Å². The van der Waals surface area contributed by atoms with Gasteiger partial charge in [-0.05, 0) is 71.4 Å². The van der Waals surface area contributed by atoms with E-state index in [2.05, 4.69) is 152 Å². The van der Waals surface area contributed by atoms with Gasteiger partial charge in [0.05, 0.1) is 22.3 Å². The molecule has 5 heteroatoms. The first kappa shape index (κ1) is 31.2. The fraction of sp³-hybridized carbons (Fsp3) is 0.104. The predicted molar refractivity (Wildman–Crippen MR) is 218 cm³/mol. The largest absolute Gasteiger partial charge is 0.453 e. The molecule has 0 amide bonds. The van der Waals surface area contributed by atoms with Gasteiger partial charge in [-0.25, -0.2) is 15.0 Å². The lowest BCUT2D eigenvalue weighted by Crippen LogP contribution is -2.04. The Labute approximate surface area is 307 Å². The summed E-state index contributed by atoms with van der Waals surface area (Å²) in [7, 11) is 0. The van der Waals surface area contributed by atoms with Crippen LogP contribution in [0.15, 0.2) is 156 Å². The van der Waals surface area contributed by atoms with E-state index in [4.69, 9.17) is 19.4 Å². The zero-order chi connectivity index (χ0) is 35.5. The molecule has 53 heavy (non-hydrogen) atoms. The van der Waals surface area contributed by atoms with Crippen molar-refractivity contribution in [3.63, 3.8) is 0 Å². The highest BCUT2D eigenvalue weighted by atomic mass is 16.3. The number of nitrogens with zero attached hydrogens (tertiary/aromatic N) is 4. The Morgan fingerprint density at radius 1 is 0.585 bits per heavy atom. The van der Waals surface area contributed by atoms with E-state index in [1.165, 1.54) is 27.5 Å². The molecule has 254 valence electrons. The lowest BCUT2D eigenvalue weighted by Gasteiger charge is -2.13. The maximum absolute atomic E-state index is 7.16. The van der Waals surface area contributed by atoms with Gasteiger partial charge >= 0.3 is 0 Å². The van der Waals surface area contributed by atoms with Crippen LogP contribution in [-0.4, -0.2) is 19.5 Å². The summed E-state index contributed by atoms with van der Waals surface area (Å²) in [6.45, 7) is 4.48. The minimum Gasteiger partial charge on any atom is -0.453 e. The highest BCUT2D eigenvalue weighted by Crippen LogP contribution is 2.44. The molecule has 3 aromatic heterocycles. The van der Waals surface area contributed by atoms with E-state index in [-0.39, 0.29) is 5.92 Å². The second-order valence-corrected chi connectivity index (χ2v) is 14.1. The maximum atomic E-state index is 7.16. The van der Waals surface area contributed by atoms with Gasteiger partial charge in [0.2, 0.25) is 0 Å². The van der Waals surface area contributed by atoms with Crippen molar-refractivity contribution < 1.29 is 4.42 Å². The smallest absolute Gasteiger partial charge is 0.167 e. The Bertz CT molecular complexity index is 2910. The molecular weight excluding hydrogens is 649 g/mol. The molecule has 1 aliphatic carbocycles. The first-order valence-corrected chi connectivity index (χ1v) is 18.4. The van der Waals surface area contributed by atoms with Crippen molar-refractivity contribution in [1.29, 1.82) is 0 Å². The summed E-state index contributed by atoms with van der Waals surface area (Å²) < 4.78 is 9.52. The fourth-order valence-electron chi connectivity index (χ4n) is 7.93. The van der Waals surface area contributed by atoms with E-state index in [9.17, 15) is 0 Å². The van der Waals surface area contributed by atoms with Crippen molar-refractivity contribution in [3.8, 4) is 39.6 Å². The lowest BCUT2D eigenvalue weighted by atomic mass is 9.95. The zero-order valence-electron chi connectivity index (χ0n) is 29.6. The number of hydrogen-bond donors (Lipinski definition) is 0. The second kappa shape index (κ2) is 12.6. The SMILES string of the molecule is CC(C)c1ccc(-c2nc(C3=CC=CCC3)nc(-c3ccccc3)n2)c2oc3c(-n4c5ccccc5c5cc(-c6ccccc6)ccc54)cccc3c12. The predicted octanol–water partition coefficient (Wildman–Crippen LogP) is 12.7. The number of benzene rings is 6. The van der Waals surface area contributed by atoms with Gasteiger partial charge < -0.3 is 8.98 Å². The average molecular weight is 685 g/mol. The van der Waals surface area contributed by atoms with Gasteiger partial charge in [0.25, 0.3) is 0 Å². The molecule has 0 saturated carbocycles. The van der Waals surface area contributed by atoms with Crippen LogP contribution in [0.1, 0.15) is 44.0 Å². The van der Waals surface area contributed by atoms with E-state index in [1.807, 2.05) is 18.2 Å². The van der Waals surface area contributed by atoms with Gasteiger partial charge in [0, 0.05) is 27.1 Å². The average Bonchev–Trinajstić information content (AvgIpc) is 3.77. The number of para-hydroxylation sites is 2. The van der Waals surface area contributed by atoms with Crippen LogP contribution in [0.4, 0.5) is 0 Å². The summed E-state index contributed by atoms with van der Waals surface area (Å²) in [5.41, 5.74) is 11.4. The van der Waals surface area contributed by atoms with Crippen LogP contribution in [-0.2, 0) is 0 Å². The number of rotatable bonds is 6. The molecule has 0 fully saturated rings. The Morgan fingerprint density at radius 2 is 1.30 bits per heavy atom. The van der Waals surface area contributed by atoms with E-state index < -0.39 is 0 Å². The van der Waals surface area contributed by atoms with Gasteiger partial charge in [0.1, 0.15) is 5.58 Å². The number of hydrogen-bond acceptors (Lipinski definition) is 4. The third-order valence-corrected chi connectivity index (χ3v) is 10.5. The normalized spacial score (nSPS) is 13.2. The molecule has 9 aromatic rings. The molecule has 6 aromatic carbocycles. The number of fused-ring (bicyclic) bond motifs is 6. The standard InChI is InChI=1S/C48H36N4O/c1-30(2)35-26-27-38(48-50-46(32-17-8-4-9-18-32)49-47(51-48)33-19-10-5-11-20-33)45-43(35)37-22-14-24-42(44(37)53-45)52-40-23-13-12-21-36(40)39-29-34(25-28-41(39)52)31-15-6-3-7-16-31/h3-10,12-19,21-30H,11,20H2,1-2H3. The van der Waals surface area contributed by atoms with Crippen LogP contribution in [0.3, 0.4) is 0 Å². The summed E-state index contributed by atoms with van der Waals surface area (Å²) in [6, 6.07) is 47.1. The van der Waals surface area contributed by atoms with Gasteiger partial charge in [-0.2, -0.15) is 0 Å². The quantitative estimate of drug-likeness (QED) is 0.175. The molecule has 1 aliphatic rings. The Kier molecular flexibility index (Phi) is 7.39. The molecule has 0 radical (unpaired) electrons. The first-order valence-electron chi connectivity index (χ1n) is 18.4. The van der Waals surface area contributed by atoms with E-state index in [0.717, 1.165) is 68.2 Å². The third-order valence-electron chi connectivity index (χ3n) is 10.5. The molecule has 0 unspecified atom stereocenters. The molecular formula is C48H36N4O. The summed E-state index contributed by atoms with van der Waals surface area (Å²) >= 11 is 0. The molecule has 5 nitrogen and oxygen atoms in total. The Balaban J connectivity index is 1.24. The topological polar surface area (TPSA) is 56.7 Å². The van der Waals surface area contributed by atoms with Crippen LogP contribution in [0.25, 0.3) is 88.9 Å². The highest BCUT2D eigenvalue weighted by Gasteiger charge is 2.24. The summed E-state index contributed by atoms with van der Waals surface area (Å²) in [5, 5.41) is 4.59. The molecule has 0 aliphatic heterocycles. The van der Waals surface area contributed by atoms with Crippen molar-refractivity contribution >= 4 is 49.3 Å². The Morgan fingerprint density at radius 3 is 2.09 bits per heavy atom. The molecule has 0 saturated heterocycles.